The molecule has 0 aliphatic rings. The smallest absolute Gasteiger partial charge is 0.0771 e. The average molecular weight is 309 g/mol. The van der Waals surface area contributed by atoms with E-state index in [1.807, 2.05) is 0 Å². The summed E-state index contributed by atoms with van der Waals surface area (Å²) < 4.78 is 5.24. The number of aliphatic hydroxyl groups is 1. The first-order valence-electron chi connectivity index (χ1n) is 7.66. The monoisotopic (exact) mass is 309 g/mol. The summed E-state index contributed by atoms with van der Waals surface area (Å²) in [5, 5.41) is 8.75. The summed E-state index contributed by atoms with van der Waals surface area (Å²) in [6.07, 6.45) is 2.87. The molecule has 0 unspecified atom stereocenters. The van der Waals surface area contributed by atoms with Crippen LogP contribution in [0.1, 0.15) is 42.9 Å². The van der Waals surface area contributed by atoms with E-state index in [9.17, 15) is 0 Å². The van der Waals surface area contributed by atoms with Crippen molar-refractivity contribution in [2.45, 2.75) is 45.7 Å². The molecule has 4 heteroatoms. The molecule has 0 saturated carbocycles. The molecule has 1 aromatic heterocycles. The molecule has 1 heterocycles. The van der Waals surface area contributed by atoms with Gasteiger partial charge in [-0.25, -0.2) is 0 Å². The van der Waals surface area contributed by atoms with Crippen LogP contribution in [0.2, 0.25) is 0 Å². The molecule has 21 heavy (non-hydrogen) atoms. The number of thiophene rings is 1. The van der Waals surface area contributed by atoms with Crippen LogP contribution in [0.15, 0.2) is 12.1 Å². The molecular weight excluding hydrogens is 282 g/mol. The summed E-state index contributed by atoms with van der Waals surface area (Å²) in [6, 6.07) is 4.84. The Bertz CT molecular complexity index is 443. The van der Waals surface area contributed by atoms with Gasteiger partial charge in [0.1, 0.15) is 0 Å². The average Bonchev–Trinajstić information content (AvgIpc) is 2.93. The zero-order chi connectivity index (χ0) is 15.5. The SMILES string of the molecule is CCC(CC)N(CCOC)Cc1ccc(C#CCCO)s1. The topological polar surface area (TPSA) is 32.7 Å². The van der Waals surface area contributed by atoms with Gasteiger partial charge in [0.25, 0.3) is 0 Å². The van der Waals surface area contributed by atoms with Gasteiger partial charge in [0.2, 0.25) is 0 Å². The number of nitrogens with zero attached hydrogens (tertiary/aromatic N) is 1. The molecule has 0 amide bonds. The van der Waals surface area contributed by atoms with E-state index in [-0.39, 0.29) is 6.61 Å². The van der Waals surface area contributed by atoms with Crippen molar-refractivity contribution in [3.8, 4) is 11.8 Å². The Labute approximate surface area is 132 Å². The fraction of sp³-hybridized carbons (Fsp3) is 0.647. The zero-order valence-electron chi connectivity index (χ0n) is 13.4. The van der Waals surface area contributed by atoms with Crippen molar-refractivity contribution in [2.24, 2.45) is 0 Å². The van der Waals surface area contributed by atoms with Gasteiger partial charge in [0, 0.05) is 37.5 Å². The van der Waals surface area contributed by atoms with Gasteiger partial charge >= 0.3 is 0 Å². The molecule has 0 fully saturated rings. The Balaban J connectivity index is 2.67. The van der Waals surface area contributed by atoms with Crippen LogP contribution < -0.4 is 0 Å². The van der Waals surface area contributed by atoms with Crippen molar-refractivity contribution < 1.29 is 9.84 Å². The molecule has 0 bridgehead atoms. The third-order valence-electron chi connectivity index (χ3n) is 3.51. The lowest BCUT2D eigenvalue weighted by Crippen LogP contribution is -2.36. The zero-order valence-corrected chi connectivity index (χ0v) is 14.2. The lowest BCUT2D eigenvalue weighted by atomic mass is 10.1. The number of aliphatic hydroxyl groups excluding tert-OH is 1. The molecule has 0 atom stereocenters. The number of hydrogen-bond acceptors (Lipinski definition) is 4. The van der Waals surface area contributed by atoms with E-state index in [0.29, 0.717) is 12.5 Å². The summed E-state index contributed by atoms with van der Waals surface area (Å²) in [6.45, 7) is 7.31. The maximum atomic E-state index is 8.75. The van der Waals surface area contributed by atoms with Crippen LogP contribution in [0.25, 0.3) is 0 Å². The molecule has 118 valence electrons. The van der Waals surface area contributed by atoms with Crippen LogP contribution in [0, 0.1) is 11.8 Å². The Hall–Kier alpha value is -0.860. The predicted molar refractivity (Wildman–Crippen MR) is 89.6 cm³/mol. The minimum atomic E-state index is 0.130. The van der Waals surface area contributed by atoms with E-state index in [1.54, 1.807) is 18.4 Å². The molecule has 1 rings (SSSR count). The minimum absolute atomic E-state index is 0.130. The normalized spacial score (nSPS) is 11.0. The van der Waals surface area contributed by atoms with E-state index in [2.05, 4.69) is 42.7 Å². The van der Waals surface area contributed by atoms with Gasteiger partial charge in [-0.1, -0.05) is 25.7 Å². The first-order chi connectivity index (χ1) is 10.2. The van der Waals surface area contributed by atoms with E-state index in [4.69, 9.17) is 9.84 Å². The first kappa shape index (κ1) is 18.2. The van der Waals surface area contributed by atoms with E-state index < -0.39 is 0 Å². The number of rotatable bonds is 9. The molecule has 1 N–H and O–H groups in total. The van der Waals surface area contributed by atoms with E-state index >= 15 is 0 Å². The molecule has 1 aromatic rings. The Morgan fingerprint density at radius 3 is 2.71 bits per heavy atom. The molecule has 0 aromatic carbocycles. The highest BCUT2D eigenvalue weighted by molar-refractivity contribution is 7.12. The van der Waals surface area contributed by atoms with Gasteiger partial charge in [-0.05, 0) is 25.0 Å². The number of methoxy groups -OCH3 is 1. The molecule has 0 aliphatic heterocycles. The van der Waals surface area contributed by atoms with Gasteiger partial charge in [0.05, 0.1) is 18.1 Å². The van der Waals surface area contributed by atoms with Crippen molar-refractivity contribution in [1.29, 1.82) is 0 Å². The largest absolute Gasteiger partial charge is 0.395 e. The lowest BCUT2D eigenvalue weighted by molar-refractivity contribution is 0.111. The third kappa shape index (κ3) is 6.62. The lowest BCUT2D eigenvalue weighted by Gasteiger charge is -2.29. The molecule has 3 nitrogen and oxygen atoms in total. The minimum Gasteiger partial charge on any atom is -0.395 e. The van der Waals surface area contributed by atoms with Crippen molar-refractivity contribution in [2.75, 3.05) is 26.9 Å². The Morgan fingerprint density at radius 2 is 2.10 bits per heavy atom. The number of hydrogen-bond donors (Lipinski definition) is 1. The second-order valence-electron chi connectivity index (χ2n) is 4.97. The quantitative estimate of drug-likeness (QED) is 0.711. The summed E-state index contributed by atoms with van der Waals surface area (Å²) in [5.41, 5.74) is 0. The highest BCUT2D eigenvalue weighted by Crippen LogP contribution is 2.20. The van der Waals surface area contributed by atoms with Crippen molar-refractivity contribution in [3.05, 3.63) is 21.9 Å². The van der Waals surface area contributed by atoms with Crippen molar-refractivity contribution in [3.63, 3.8) is 0 Å². The summed E-state index contributed by atoms with van der Waals surface area (Å²) in [7, 11) is 1.76. The summed E-state index contributed by atoms with van der Waals surface area (Å²) >= 11 is 1.75. The summed E-state index contributed by atoms with van der Waals surface area (Å²) in [5.74, 6) is 6.08. The van der Waals surface area contributed by atoms with Crippen LogP contribution in [0.3, 0.4) is 0 Å². The van der Waals surface area contributed by atoms with Crippen LogP contribution >= 0.6 is 11.3 Å². The van der Waals surface area contributed by atoms with Gasteiger partial charge in [-0.15, -0.1) is 11.3 Å². The fourth-order valence-corrected chi connectivity index (χ4v) is 3.25. The van der Waals surface area contributed by atoms with Crippen molar-refractivity contribution in [1.82, 2.24) is 4.90 Å². The first-order valence-corrected chi connectivity index (χ1v) is 8.48. The molecule has 0 radical (unpaired) electrons. The Morgan fingerprint density at radius 1 is 1.33 bits per heavy atom. The maximum Gasteiger partial charge on any atom is 0.0771 e. The summed E-state index contributed by atoms with van der Waals surface area (Å²) in [4.78, 5) is 4.92. The van der Waals surface area contributed by atoms with Gasteiger partial charge in [-0.3, -0.25) is 4.90 Å². The third-order valence-corrected chi connectivity index (χ3v) is 4.50. The van der Waals surface area contributed by atoms with E-state index in [0.717, 1.165) is 37.4 Å². The van der Waals surface area contributed by atoms with E-state index in [1.165, 1.54) is 4.88 Å². The fourth-order valence-electron chi connectivity index (χ4n) is 2.34. The van der Waals surface area contributed by atoms with Crippen LogP contribution in [-0.2, 0) is 11.3 Å². The van der Waals surface area contributed by atoms with Gasteiger partial charge in [0.15, 0.2) is 0 Å². The molecule has 0 aliphatic carbocycles. The highest BCUT2D eigenvalue weighted by Gasteiger charge is 2.15. The van der Waals surface area contributed by atoms with Crippen molar-refractivity contribution >= 4 is 11.3 Å². The van der Waals surface area contributed by atoms with Gasteiger partial charge < -0.3 is 9.84 Å². The van der Waals surface area contributed by atoms with Crippen LogP contribution in [0.5, 0.6) is 0 Å². The second-order valence-corrected chi connectivity index (χ2v) is 6.14. The van der Waals surface area contributed by atoms with Crippen LogP contribution in [-0.4, -0.2) is 42.9 Å². The highest BCUT2D eigenvalue weighted by atomic mass is 32.1. The second kappa shape index (κ2) is 10.8. The Kier molecular flexibility index (Phi) is 9.36. The molecular formula is C17H27NO2S. The maximum absolute atomic E-state index is 8.75. The van der Waals surface area contributed by atoms with Crippen LogP contribution in [0.4, 0.5) is 0 Å². The van der Waals surface area contributed by atoms with Gasteiger partial charge in [-0.2, -0.15) is 0 Å². The molecule has 0 saturated heterocycles. The standard InChI is InChI=1S/C17H27NO2S/c1-4-15(5-2)18(11-13-20-3)14-17-10-9-16(21-17)8-6-7-12-19/h9-10,15,19H,4-5,7,11-14H2,1-3H3. The predicted octanol–water partition coefficient (Wildman–Crippen LogP) is 3.12. The number of ether oxygens (including phenoxy) is 1. The molecule has 0 spiro atoms.